The molecule has 74 valence electrons. The van der Waals surface area contributed by atoms with Gasteiger partial charge in [-0.15, -0.1) is 0 Å². The molecule has 0 aliphatic carbocycles. The van der Waals surface area contributed by atoms with Crippen LogP contribution in [0.25, 0.3) is 0 Å². The zero-order chi connectivity index (χ0) is 10.0. The van der Waals surface area contributed by atoms with Crippen LogP contribution >= 0.6 is 0 Å². The smallest absolute Gasteiger partial charge is 0.143 e. The van der Waals surface area contributed by atoms with Crippen LogP contribution in [-0.4, -0.2) is 23.4 Å². The Morgan fingerprint density at radius 2 is 1.69 bits per heavy atom. The van der Waals surface area contributed by atoms with Crippen LogP contribution in [0.1, 0.15) is 27.7 Å². The Bertz CT molecular complexity index is 222. The summed E-state index contributed by atoms with van der Waals surface area (Å²) in [6.07, 6.45) is -0.447. The first kappa shape index (κ1) is 10.6. The molecule has 1 heterocycles. The second kappa shape index (κ2) is 4.13. The van der Waals surface area contributed by atoms with Gasteiger partial charge in [0, 0.05) is 5.92 Å². The molecular formula is C11H18O2. The van der Waals surface area contributed by atoms with Crippen molar-refractivity contribution in [2.45, 2.75) is 46.0 Å². The summed E-state index contributed by atoms with van der Waals surface area (Å²) in [5, 5.41) is 9.56. The fourth-order valence-electron chi connectivity index (χ4n) is 1.26. The summed E-state index contributed by atoms with van der Waals surface area (Å²) in [6, 6.07) is 0. The lowest BCUT2D eigenvalue weighted by atomic mass is 10.0. The summed E-state index contributed by atoms with van der Waals surface area (Å²) in [4.78, 5) is 0. The van der Waals surface area contributed by atoms with Crippen molar-refractivity contribution in [3.8, 4) is 11.8 Å². The van der Waals surface area contributed by atoms with Gasteiger partial charge in [0.2, 0.25) is 0 Å². The third-order valence-corrected chi connectivity index (χ3v) is 2.05. The fraction of sp³-hybridized carbons (Fsp3) is 0.818. The van der Waals surface area contributed by atoms with E-state index in [1.807, 2.05) is 13.8 Å². The Balaban J connectivity index is 2.36. The van der Waals surface area contributed by atoms with Crippen LogP contribution in [0.4, 0.5) is 0 Å². The predicted octanol–water partition coefficient (Wildman–Crippen LogP) is 1.43. The molecule has 0 bridgehead atoms. The first-order chi connectivity index (χ1) is 6.02. The maximum atomic E-state index is 9.56. The number of hydrogen-bond donors (Lipinski definition) is 1. The predicted molar refractivity (Wildman–Crippen MR) is 52.1 cm³/mol. The molecule has 0 unspecified atom stereocenters. The van der Waals surface area contributed by atoms with Gasteiger partial charge in [-0.1, -0.05) is 39.5 Å². The van der Waals surface area contributed by atoms with Gasteiger partial charge in [0.25, 0.3) is 0 Å². The van der Waals surface area contributed by atoms with E-state index in [1.165, 1.54) is 0 Å². The van der Waals surface area contributed by atoms with Crippen molar-refractivity contribution >= 4 is 0 Å². The fourth-order valence-corrected chi connectivity index (χ4v) is 1.26. The minimum Gasteiger partial charge on any atom is -0.378 e. The largest absolute Gasteiger partial charge is 0.378 e. The SMILES string of the molecule is CC(C)C#C[C@H](O)[C@H]1O[C@@H]1C(C)C. The number of hydrogen-bond acceptors (Lipinski definition) is 2. The Labute approximate surface area is 80.3 Å². The zero-order valence-corrected chi connectivity index (χ0v) is 8.74. The molecule has 0 spiro atoms. The Morgan fingerprint density at radius 3 is 2.08 bits per heavy atom. The molecule has 1 aliphatic rings. The molecule has 1 aliphatic heterocycles. The van der Waals surface area contributed by atoms with Crippen molar-refractivity contribution in [3.63, 3.8) is 0 Å². The summed E-state index contributed by atoms with van der Waals surface area (Å²) in [7, 11) is 0. The minimum absolute atomic E-state index is 0.0498. The standard InChI is InChI=1S/C11H18O2/c1-7(2)5-6-9(12)11-10(13-11)8(3)4/h7-12H,1-4H3/t9-,10+,11+/m0/s1. The molecule has 0 radical (unpaired) electrons. The van der Waals surface area contributed by atoms with Crippen molar-refractivity contribution < 1.29 is 9.84 Å². The van der Waals surface area contributed by atoms with Crippen LogP contribution in [0.15, 0.2) is 0 Å². The number of ether oxygens (including phenoxy) is 1. The normalized spacial score (nSPS) is 28.5. The molecule has 1 fully saturated rings. The molecule has 2 nitrogen and oxygen atoms in total. The highest BCUT2D eigenvalue weighted by Crippen LogP contribution is 2.31. The van der Waals surface area contributed by atoms with Gasteiger partial charge in [0.05, 0.1) is 6.10 Å². The highest BCUT2D eigenvalue weighted by molar-refractivity contribution is 5.13. The van der Waals surface area contributed by atoms with E-state index < -0.39 is 6.10 Å². The second-order valence-corrected chi connectivity index (χ2v) is 4.20. The lowest BCUT2D eigenvalue weighted by Gasteiger charge is -1.99. The number of aliphatic hydroxyl groups excluding tert-OH is 1. The molecule has 0 aromatic carbocycles. The van der Waals surface area contributed by atoms with Gasteiger partial charge in [0.1, 0.15) is 12.2 Å². The number of aliphatic hydroxyl groups is 1. The quantitative estimate of drug-likeness (QED) is 0.517. The van der Waals surface area contributed by atoms with E-state index in [-0.39, 0.29) is 12.2 Å². The van der Waals surface area contributed by atoms with Crippen molar-refractivity contribution in [3.05, 3.63) is 0 Å². The molecular weight excluding hydrogens is 164 g/mol. The van der Waals surface area contributed by atoms with E-state index in [2.05, 4.69) is 25.7 Å². The summed E-state index contributed by atoms with van der Waals surface area (Å²) in [5.74, 6) is 6.54. The Kier molecular flexibility index (Phi) is 3.35. The first-order valence-corrected chi connectivity index (χ1v) is 4.87. The van der Waals surface area contributed by atoms with E-state index in [9.17, 15) is 5.11 Å². The Morgan fingerprint density at radius 1 is 1.08 bits per heavy atom. The van der Waals surface area contributed by atoms with Crippen LogP contribution in [-0.2, 0) is 4.74 Å². The van der Waals surface area contributed by atoms with E-state index >= 15 is 0 Å². The average Bonchev–Trinajstić information content (AvgIpc) is 2.78. The van der Waals surface area contributed by atoms with Crippen molar-refractivity contribution in [2.24, 2.45) is 11.8 Å². The van der Waals surface area contributed by atoms with E-state index in [0.717, 1.165) is 0 Å². The summed E-state index contributed by atoms with van der Waals surface area (Å²) < 4.78 is 5.32. The summed E-state index contributed by atoms with van der Waals surface area (Å²) in [6.45, 7) is 8.20. The van der Waals surface area contributed by atoms with Crippen molar-refractivity contribution in [1.82, 2.24) is 0 Å². The highest BCUT2D eigenvalue weighted by Gasteiger charge is 2.45. The lowest BCUT2D eigenvalue weighted by molar-refractivity contribution is 0.185. The van der Waals surface area contributed by atoms with Crippen LogP contribution < -0.4 is 0 Å². The minimum atomic E-state index is -0.602. The molecule has 2 heteroatoms. The summed E-state index contributed by atoms with van der Waals surface area (Å²) >= 11 is 0. The van der Waals surface area contributed by atoms with Gasteiger partial charge in [-0.25, -0.2) is 0 Å². The van der Waals surface area contributed by atoms with Gasteiger partial charge in [-0.2, -0.15) is 0 Å². The molecule has 0 aromatic heterocycles. The maximum absolute atomic E-state index is 9.56. The topological polar surface area (TPSA) is 32.8 Å². The van der Waals surface area contributed by atoms with E-state index in [4.69, 9.17) is 4.74 Å². The van der Waals surface area contributed by atoms with Crippen molar-refractivity contribution in [1.29, 1.82) is 0 Å². The number of epoxide rings is 1. The molecule has 1 saturated heterocycles. The van der Waals surface area contributed by atoms with E-state index in [1.54, 1.807) is 0 Å². The van der Waals surface area contributed by atoms with Crippen LogP contribution in [0.5, 0.6) is 0 Å². The van der Waals surface area contributed by atoms with E-state index in [0.29, 0.717) is 11.8 Å². The third kappa shape index (κ3) is 3.02. The van der Waals surface area contributed by atoms with Gasteiger partial charge in [-0.3, -0.25) is 0 Å². The van der Waals surface area contributed by atoms with Crippen LogP contribution in [0, 0.1) is 23.7 Å². The van der Waals surface area contributed by atoms with Gasteiger partial charge < -0.3 is 9.84 Å². The maximum Gasteiger partial charge on any atom is 0.143 e. The van der Waals surface area contributed by atoms with Gasteiger partial charge in [-0.05, 0) is 5.92 Å². The third-order valence-electron chi connectivity index (χ3n) is 2.05. The molecule has 13 heavy (non-hydrogen) atoms. The number of rotatable bonds is 2. The average molecular weight is 182 g/mol. The van der Waals surface area contributed by atoms with Crippen LogP contribution in [0.3, 0.4) is 0 Å². The van der Waals surface area contributed by atoms with Crippen LogP contribution in [0.2, 0.25) is 0 Å². The zero-order valence-electron chi connectivity index (χ0n) is 8.74. The second-order valence-electron chi connectivity index (χ2n) is 4.20. The molecule has 1 rings (SSSR count). The summed E-state index contributed by atoms with van der Waals surface area (Å²) in [5.41, 5.74) is 0. The highest BCUT2D eigenvalue weighted by atomic mass is 16.6. The lowest BCUT2D eigenvalue weighted by Crippen LogP contribution is -2.16. The first-order valence-electron chi connectivity index (χ1n) is 4.87. The Hall–Kier alpha value is -0.520. The molecule has 0 saturated carbocycles. The van der Waals surface area contributed by atoms with Gasteiger partial charge in [0.15, 0.2) is 0 Å². The van der Waals surface area contributed by atoms with Crippen molar-refractivity contribution in [2.75, 3.05) is 0 Å². The molecule has 0 amide bonds. The molecule has 1 N–H and O–H groups in total. The molecule has 0 aromatic rings. The molecule has 3 atom stereocenters. The monoisotopic (exact) mass is 182 g/mol. The van der Waals surface area contributed by atoms with Gasteiger partial charge >= 0.3 is 0 Å².